The first-order chi connectivity index (χ1) is 17.1. The van der Waals surface area contributed by atoms with Crippen LogP contribution in [0, 0.1) is 31.6 Å². The molecule has 2 aromatic carbocycles. The normalized spacial score (nSPS) is 23.7. The van der Waals surface area contributed by atoms with E-state index in [1.807, 2.05) is 32.1 Å². The number of rotatable bonds is 4. The maximum atomic E-state index is 13.1. The number of hydrogen-bond acceptors (Lipinski definition) is 5. The predicted octanol–water partition coefficient (Wildman–Crippen LogP) is 4.76. The molecule has 3 amide bonds. The van der Waals surface area contributed by atoms with Gasteiger partial charge in [0.05, 0.1) is 23.4 Å². The summed E-state index contributed by atoms with van der Waals surface area (Å²) in [5.41, 5.74) is 3.86. The summed E-state index contributed by atoms with van der Waals surface area (Å²) < 4.78 is 5.59. The zero-order valence-electron chi connectivity index (χ0n) is 20.4. The molecule has 3 atom stereocenters. The molecule has 5 rings (SSSR count). The molecule has 0 saturated carbocycles. The van der Waals surface area contributed by atoms with Gasteiger partial charge in [0.15, 0.2) is 0 Å². The number of anilines is 2. The minimum Gasteiger partial charge on any atom is -0.426 e. The van der Waals surface area contributed by atoms with Gasteiger partial charge in [0.2, 0.25) is 17.7 Å². The van der Waals surface area contributed by atoms with Crippen LogP contribution in [0.3, 0.4) is 0 Å². The second-order valence-corrected chi connectivity index (χ2v) is 10.3. The van der Waals surface area contributed by atoms with E-state index in [-0.39, 0.29) is 42.5 Å². The highest BCUT2D eigenvalue weighted by Crippen LogP contribution is 2.41. The number of allylic oxidation sites excluding steroid dienone is 2. The molecular formula is C28H27ClN2O5. The Morgan fingerprint density at radius 2 is 1.69 bits per heavy atom. The fourth-order valence-corrected chi connectivity index (χ4v) is 5.46. The van der Waals surface area contributed by atoms with E-state index < -0.39 is 11.9 Å². The van der Waals surface area contributed by atoms with Gasteiger partial charge in [0.25, 0.3) is 0 Å². The molecule has 0 unspecified atom stereocenters. The van der Waals surface area contributed by atoms with E-state index >= 15 is 0 Å². The van der Waals surface area contributed by atoms with E-state index in [1.165, 1.54) is 4.90 Å². The molecule has 7 nitrogen and oxygen atoms in total. The Morgan fingerprint density at radius 3 is 2.42 bits per heavy atom. The largest absolute Gasteiger partial charge is 0.426 e. The lowest BCUT2D eigenvalue weighted by atomic mass is 9.82. The van der Waals surface area contributed by atoms with Crippen LogP contribution < -0.4 is 14.5 Å². The molecule has 1 aliphatic carbocycles. The molecule has 0 spiro atoms. The fraction of sp³-hybridized carbons (Fsp3) is 0.357. The van der Waals surface area contributed by atoms with E-state index in [0.29, 0.717) is 40.6 Å². The second kappa shape index (κ2) is 9.21. The Hall–Kier alpha value is -3.45. The van der Waals surface area contributed by atoms with Gasteiger partial charge in [-0.2, -0.15) is 0 Å². The highest BCUT2D eigenvalue weighted by atomic mass is 35.5. The third-order valence-electron chi connectivity index (χ3n) is 7.38. The van der Waals surface area contributed by atoms with Crippen molar-refractivity contribution in [3.05, 3.63) is 64.2 Å². The van der Waals surface area contributed by atoms with Crippen LogP contribution in [0.1, 0.15) is 37.3 Å². The van der Waals surface area contributed by atoms with Crippen molar-refractivity contribution < 1.29 is 23.9 Å². The van der Waals surface area contributed by atoms with Crippen molar-refractivity contribution >= 4 is 46.7 Å². The number of imide groups is 1. The Balaban J connectivity index is 1.28. The van der Waals surface area contributed by atoms with Gasteiger partial charge < -0.3 is 9.64 Å². The quantitative estimate of drug-likeness (QED) is 0.258. The van der Waals surface area contributed by atoms with Crippen molar-refractivity contribution in [1.29, 1.82) is 0 Å². The molecule has 8 heteroatoms. The van der Waals surface area contributed by atoms with E-state index in [4.69, 9.17) is 16.3 Å². The van der Waals surface area contributed by atoms with Crippen molar-refractivity contribution in [2.24, 2.45) is 17.8 Å². The Labute approximate surface area is 214 Å². The monoisotopic (exact) mass is 506 g/mol. The van der Waals surface area contributed by atoms with Crippen LogP contribution in [0.2, 0.25) is 5.02 Å². The van der Waals surface area contributed by atoms with Gasteiger partial charge in [-0.05, 0) is 75.1 Å². The van der Waals surface area contributed by atoms with Gasteiger partial charge in [-0.15, -0.1) is 0 Å². The fourth-order valence-electron chi connectivity index (χ4n) is 5.28. The van der Waals surface area contributed by atoms with Crippen molar-refractivity contribution in [3.63, 3.8) is 0 Å². The van der Waals surface area contributed by atoms with Crippen LogP contribution in [0.25, 0.3) is 0 Å². The lowest BCUT2D eigenvalue weighted by Gasteiger charge is -2.19. The molecule has 2 fully saturated rings. The summed E-state index contributed by atoms with van der Waals surface area (Å²) in [6.07, 6.45) is 3.27. The van der Waals surface area contributed by atoms with E-state index in [9.17, 15) is 19.2 Å². The molecule has 186 valence electrons. The van der Waals surface area contributed by atoms with Crippen LogP contribution >= 0.6 is 11.6 Å². The Bertz CT molecular complexity index is 1330. The molecule has 0 bridgehead atoms. The molecular weight excluding hydrogens is 480 g/mol. The third kappa shape index (κ3) is 4.22. The number of hydrogen-bond donors (Lipinski definition) is 0. The van der Waals surface area contributed by atoms with Crippen molar-refractivity contribution in [2.45, 2.75) is 40.0 Å². The van der Waals surface area contributed by atoms with Gasteiger partial charge in [0.1, 0.15) is 5.75 Å². The smallest absolute Gasteiger partial charge is 0.316 e. The van der Waals surface area contributed by atoms with Gasteiger partial charge in [-0.3, -0.25) is 19.2 Å². The summed E-state index contributed by atoms with van der Waals surface area (Å²) in [5.74, 6) is -1.96. The number of nitrogens with zero attached hydrogens (tertiary/aromatic N) is 2. The highest BCUT2D eigenvalue weighted by Gasteiger charge is 2.49. The molecule has 36 heavy (non-hydrogen) atoms. The second-order valence-electron chi connectivity index (χ2n) is 9.92. The molecule has 3 aliphatic rings. The topological polar surface area (TPSA) is 84.0 Å². The van der Waals surface area contributed by atoms with E-state index in [0.717, 1.165) is 11.1 Å². The molecule has 2 heterocycles. The summed E-state index contributed by atoms with van der Waals surface area (Å²) in [6.45, 7) is 5.85. The van der Waals surface area contributed by atoms with Crippen LogP contribution in [0.5, 0.6) is 5.75 Å². The predicted molar refractivity (Wildman–Crippen MR) is 136 cm³/mol. The lowest BCUT2D eigenvalue weighted by molar-refractivity contribution is -0.139. The summed E-state index contributed by atoms with van der Waals surface area (Å²) in [5, 5.41) is 0.558. The lowest BCUT2D eigenvalue weighted by Crippen LogP contribution is -2.31. The zero-order valence-corrected chi connectivity index (χ0v) is 21.2. The minimum absolute atomic E-state index is 0.0500. The number of aryl methyl sites for hydroxylation is 2. The maximum Gasteiger partial charge on any atom is 0.316 e. The van der Waals surface area contributed by atoms with Gasteiger partial charge >= 0.3 is 5.97 Å². The third-order valence-corrected chi connectivity index (χ3v) is 7.78. The molecule has 0 radical (unpaired) electrons. The first kappa shape index (κ1) is 24.3. The van der Waals surface area contributed by atoms with Gasteiger partial charge in [0, 0.05) is 23.7 Å². The van der Waals surface area contributed by atoms with E-state index in [2.05, 4.69) is 0 Å². The molecule has 2 saturated heterocycles. The van der Waals surface area contributed by atoms with Crippen LogP contribution in [-0.2, 0) is 19.2 Å². The van der Waals surface area contributed by atoms with Crippen molar-refractivity contribution in [2.75, 3.05) is 16.3 Å². The number of fused-ring (bicyclic) bond motifs is 1. The summed E-state index contributed by atoms with van der Waals surface area (Å²) >= 11 is 6.20. The molecule has 0 N–H and O–H groups in total. The number of amides is 3. The van der Waals surface area contributed by atoms with E-state index in [1.54, 1.807) is 36.1 Å². The van der Waals surface area contributed by atoms with Crippen LogP contribution in [0.15, 0.2) is 48.0 Å². The first-order valence-electron chi connectivity index (χ1n) is 12.1. The Morgan fingerprint density at radius 1 is 0.944 bits per heavy atom. The average Bonchev–Trinajstić information content (AvgIpc) is 3.33. The van der Waals surface area contributed by atoms with Crippen molar-refractivity contribution in [3.8, 4) is 5.75 Å². The SMILES string of the molecule is CC1=CC[C@@H]2C(=O)N(c3ccc(OC(=O)[C@@H]4CC(=O)N(c5ccc(C)c(Cl)c5)C4)cc3C)C(=O)[C@H]2C1. The molecule has 0 aromatic heterocycles. The van der Waals surface area contributed by atoms with Crippen LogP contribution in [-0.4, -0.2) is 30.2 Å². The van der Waals surface area contributed by atoms with Gasteiger partial charge in [-0.1, -0.05) is 29.3 Å². The number of esters is 1. The van der Waals surface area contributed by atoms with Gasteiger partial charge in [-0.25, -0.2) is 4.90 Å². The zero-order chi connectivity index (χ0) is 25.7. The average molecular weight is 507 g/mol. The first-order valence-corrected chi connectivity index (χ1v) is 12.4. The maximum absolute atomic E-state index is 13.1. The standard InChI is InChI=1S/C28H27ClN2O5/c1-15-4-8-21-22(10-15)27(34)31(26(21)33)24-9-7-20(11-17(24)3)36-28(35)18-12-25(32)30(14-18)19-6-5-16(2)23(29)13-19/h4-7,9,11,13,18,21-22H,8,10,12,14H2,1-3H3/t18-,21+,22+/m1/s1. The summed E-state index contributed by atoms with van der Waals surface area (Å²) in [4.78, 5) is 54.3. The summed E-state index contributed by atoms with van der Waals surface area (Å²) in [7, 11) is 0. The number of carbonyl (C=O) groups is 4. The number of ether oxygens (including phenoxy) is 1. The number of carbonyl (C=O) groups excluding carboxylic acids is 4. The molecule has 2 aromatic rings. The summed E-state index contributed by atoms with van der Waals surface area (Å²) in [6, 6.07) is 10.2. The number of halogens is 1. The Kier molecular flexibility index (Phi) is 6.20. The minimum atomic E-state index is -0.613. The molecule has 2 aliphatic heterocycles. The highest BCUT2D eigenvalue weighted by molar-refractivity contribution is 6.31. The van der Waals surface area contributed by atoms with Crippen LogP contribution in [0.4, 0.5) is 11.4 Å². The van der Waals surface area contributed by atoms with Crippen molar-refractivity contribution in [1.82, 2.24) is 0 Å². The number of benzene rings is 2.